The van der Waals surface area contributed by atoms with Gasteiger partial charge in [0.1, 0.15) is 12.4 Å². The summed E-state index contributed by atoms with van der Waals surface area (Å²) < 4.78 is 34.7. The predicted molar refractivity (Wildman–Crippen MR) is 114 cm³/mol. The summed E-state index contributed by atoms with van der Waals surface area (Å²) in [5.41, 5.74) is 1.78. The number of rotatable bonds is 3. The van der Waals surface area contributed by atoms with Crippen molar-refractivity contribution in [2.75, 3.05) is 24.6 Å². The normalized spacial score (nSPS) is 20.6. The lowest BCUT2D eigenvalue weighted by Gasteiger charge is -2.31. The summed E-state index contributed by atoms with van der Waals surface area (Å²) in [6.07, 6.45) is 3.75. The fourth-order valence-corrected chi connectivity index (χ4v) is 7.00. The van der Waals surface area contributed by atoms with Crippen LogP contribution in [0.15, 0.2) is 34.5 Å². The molecule has 29 heavy (non-hydrogen) atoms. The topological polar surface area (TPSA) is 66.9 Å². The van der Waals surface area contributed by atoms with Crippen molar-refractivity contribution >= 4 is 33.0 Å². The molecule has 3 heterocycles. The van der Waals surface area contributed by atoms with E-state index in [0.717, 1.165) is 36.1 Å². The second-order valence-corrected chi connectivity index (χ2v) is 10.4. The summed E-state index contributed by atoms with van der Waals surface area (Å²) in [6.45, 7) is 4.90. The molecule has 4 rings (SSSR count). The molecule has 0 N–H and O–H groups in total. The van der Waals surface area contributed by atoms with Crippen LogP contribution in [0, 0.1) is 6.92 Å². The number of benzene rings is 1. The SMILES string of the molecule is CC(=O)N1CCOc2cc(S(=O)(=O)N3CCCCCC3c3sccc3C)ccc21. The van der Waals surface area contributed by atoms with Crippen LogP contribution in [-0.4, -0.2) is 38.3 Å². The van der Waals surface area contributed by atoms with E-state index in [1.807, 2.05) is 12.3 Å². The van der Waals surface area contributed by atoms with Crippen molar-refractivity contribution in [3.63, 3.8) is 0 Å². The Morgan fingerprint density at radius 3 is 2.72 bits per heavy atom. The molecule has 1 fully saturated rings. The molecular weight excluding hydrogens is 408 g/mol. The largest absolute Gasteiger partial charge is 0.489 e. The van der Waals surface area contributed by atoms with Crippen LogP contribution in [0.4, 0.5) is 5.69 Å². The van der Waals surface area contributed by atoms with Gasteiger partial charge in [0.25, 0.3) is 0 Å². The number of sulfonamides is 1. The first-order valence-electron chi connectivity index (χ1n) is 10.0. The zero-order valence-corrected chi connectivity index (χ0v) is 18.4. The molecule has 1 amide bonds. The van der Waals surface area contributed by atoms with E-state index in [9.17, 15) is 13.2 Å². The number of hydrogen-bond acceptors (Lipinski definition) is 5. The summed E-state index contributed by atoms with van der Waals surface area (Å²) in [7, 11) is -3.69. The zero-order chi connectivity index (χ0) is 20.6. The summed E-state index contributed by atoms with van der Waals surface area (Å²) in [4.78, 5) is 14.9. The predicted octanol–water partition coefficient (Wildman–Crippen LogP) is 4.11. The fourth-order valence-electron chi connectivity index (χ4n) is 4.18. The van der Waals surface area contributed by atoms with Gasteiger partial charge >= 0.3 is 0 Å². The van der Waals surface area contributed by atoms with Gasteiger partial charge in [-0.25, -0.2) is 8.42 Å². The Morgan fingerprint density at radius 1 is 1.17 bits per heavy atom. The molecule has 8 heteroatoms. The molecule has 1 aromatic carbocycles. The van der Waals surface area contributed by atoms with Gasteiger partial charge in [0, 0.05) is 24.4 Å². The summed E-state index contributed by atoms with van der Waals surface area (Å²) >= 11 is 1.63. The number of nitrogens with zero attached hydrogens (tertiary/aromatic N) is 2. The lowest BCUT2D eigenvalue weighted by Crippen LogP contribution is -2.37. The minimum atomic E-state index is -3.69. The Morgan fingerprint density at radius 2 is 2.00 bits per heavy atom. The van der Waals surface area contributed by atoms with E-state index >= 15 is 0 Å². The number of hydrogen-bond donors (Lipinski definition) is 0. The molecule has 0 spiro atoms. The molecular formula is C21H26N2O4S2. The quantitative estimate of drug-likeness (QED) is 0.729. The number of anilines is 1. The summed E-state index contributed by atoms with van der Waals surface area (Å²) in [5, 5.41) is 2.03. The van der Waals surface area contributed by atoms with Gasteiger partial charge in [0.05, 0.1) is 23.2 Å². The highest BCUT2D eigenvalue weighted by Crippen LogP contribution is 2.40. The van der Waals surface area contributed by atoms with Gasteiger partial charge in [0.2, 0.25) is 15.9 Å². The number of fused-ring (bicyclic) bond motifs is 1. The minimum Gasteiger partial charge on any atom is -0.489 e. The second kappa shape index (κ2) is 8.08. The molecule has 1 saturated heterocycles. The van der Waals surface area contributed by atoms with Gasteiger partial charge in [-0.3, -0.25) is 4.79 Å². The van der Waals surface area contributed by atoms with Crippen molar-refractivity contribution in [1.29, 1.82) is 0 Å². The van der Waals surface area contributed by atoms with Crippen LogP contribution in [0.1, 0.15) is 49.1 Å². The molecule has 0 saturated carbocycles. The van der Waals surface area contributed by atoms with Gasteiger partial charge in [-0.05, 0) is 48.9 Å². The van der Waals surface area contributed by atoms with Gasteiger partial charge < -0.3 is 9.64 Å². The third kappa shape index (κ3) is 3.81. The first kappa shape index (κ1) is 20.4. The highest BCUT2D eigenvalue weighted by molar-refractivity contribution is 7.89. The smallest absolute Gasteiger partial charge is 0.243 e. The van der Waals surface area contributed by atoms with Gasteiger partial charge in [-0.1, -0.05) is 12.8 Å². The molecule has 1 atom stereocenters. The number of thiophene rings is 1. The summed E-state index contributed by atoms with van der Waals surface area (Å²) in [6, 6.07) is 6.78. The van der Waals surface area contributed by atoms with E-state index in [2.05, 4.69) is 6.07 Å². The van der Waals surface area contributed by atoms with Crippen LogP contribution in [0.5, 0.6) is 5.75 Å². The standard InChI is InChI=1S/C21H26N2O4S2/c1-15-9-13-28-21(15)19-6-4-3-5-10-23(19)29(25,26)17-7-8-18-20(14-17)27-12-11-22(18)16(2)24/h7-9,13-14,19H,3-6,10-12H2,1-2H3. The van der Waals surface area contributed by atoms with Gasteiger partial charge in [-0.15, -0.1) is 11.3 Å². The van der Waals surface area contributed by atoms with Crippen LogP contribution in [-0.2, 0) is 14.8 Å². The maximum atomic E-state index is 13.7. The lowest BCUT2D eigenvalue weighted by atomic mass is 10.1. The number of ether oxygens (including phenoxy) is 1. The molecule has 1 aromatic heterocycles. The average Bonchev–Trinajstić information content (AvgIpc) is 2.98. The molecule has 6 nitrogen and oxygen atoms in total. The van der Waals surface area contributed by atoms with Gasteiger partial charge in [0.15, 0.2) is 0 Å². The van der Waals surface area contributed by atoms with Gasteiger partial charge in [-0.2, -0.15) is 4.31 Å². The molecule has 2 aliphatic rings. The lowest BCUT2D eigenvalue weighted by molar-refractivity contribution is -0.116. The first-order chi connectivity index (χ1) is 13.9. The number of aryl methyl sites for hydroxylation is 1. The molecule has 0 radical (unpaired) electrons. The van der Waals surface area contributed by atoms with Crippen molar-refractivity contribution in [2.45, 2.75) is 50.5 Å². The van der Waals surface area contributed by atoms with Crippen LogP contribution < -0.4 is 9.64 Å². The molecule has 1 unspecified atom stereocenters. The summed E-state index contributed by atoms with van der Waals surface area (Å²) in [5.74, 6) is 0.372. The Hall–Kier alpha value is -1.90. The van der Waals surface area contributed by atoms with E-state index in [1.165, 1.54) is 6.92 Å². The Balaban J connectivity index is 1.73. The van der Waals surface area contributed by atoms with Crippen molar-refractivity contribution < 1.29 is 17.9 Å². The number of carbonyl (C=O) groups is 1. The van der Waals surface area contributed by atoms with Crippen LogP contribution >= 0.6 is 11.3 Å². The van der Waals surface area contributed by atoms with E-state index < -0.39 is 10.0 Å². The van der Waals surface area contributed by atoms with E-state index in [4.69, 9.17) is 4.74 Å². The zero-order valence-electron chi connectivity index (χ0n) is 16.8. The maximum Gasteiger partial charge on any atom is 0.243 e. The molecule has 0 aliphatic carbocycles. The molecule has 2 aromatic rings. The van der Waals surface area contributed by atoms with Crippen LogP contribution in [0.2, 0.25) is 0 Å². The van der Waals surface area contributed by atoms with Crippen LogP contribution in [0.25, 0.3) is 0 Å². The Kier molecular flexibility index (Phi) is 5.68. The fraction of sp³-hybridized carbons (Fsp3) is 0.476. The van der Waals surface area contributed by atoms with E-state index in [-0.39, 0.29) is 16.8 Å². The van der Waals surface area contributed by atoms with Crippen molar-refractivity contribution in [3.05, 3.63) is 40.1 Å². The molecule has 2 aliphatic heterocycles. The Labute approximate surface area is 176 Å². The van der Waals surface area contributed by atoms with Crippen molar-refractivity contribution in [2.24, 2.45) is 0 Å². The van der Waals surface area contributed by atoms with E-state index in [1.54, 1.807) is 38.7 Å². The highest BCUT2D eigenvalue weighted by atomic mass is 32.2. The maximum absolute atomic E-state index is 13.7. The van der Waals surface area contributed by atoms with Crippen molar-refractivity contribution in [3.8, 4) is 5.75 Å². The third-order valence-electron chi connectivity index (χ3n) is 5.69. The van der Waals surface area contributed by atoms with Crippen LogP contribution in [0.3, 0.4) is 0 Å². The number of amides is 1. The number of carbonyl (C=O) groups excluding carboxylic acids is 1. The molecule has 156 valence electrons. The third-order valence-corrected chi connectivity index (χ3v) is 8.71. The molecule has 0 bridgehead atoms. The van der Waals surface area contributed by atoms with E-state index in [0.29, 0.717) is 31.1 Å². The second-order valence-electron chi connectivity index (χ2n) is 7.60. The monoisotopic (exact) mass is 434 g/mol. The Bertz CT molecular complexity index is 1020. The van der Waals surface area contributed by atoms with Crippen molar-refractivity contribution in [1.82, 2.24) is 4.31 Å². The highest BCUT2D eigenvalue weighted by Gasteiger charge is 2.35. The minimum absolute atomic E-state index is 0.0779. The average molecular weight is 435 g/mol. The first-order valence-corrected chi connectivity index (χ1v) is 12.3.